The Bertz CT molecular complexity index is 1540. The molecule has 1 heterocycles. The molecule has 0 aliphatic heterocycles. The lowest BCUT2D eigenvalue weighted by Gasteiger charge is -2.22. The highest BCUT2D eigenvalue weighted by molar-refractivity contribution is 6.65. The minimum atomic E-state index is 0.0141. The molecule has 156 valence electrons. The number of aromatic nitrogens is 3. The summed E-state index contributed by atoms with van der Waals surface area (Å²) in [6.07, 6.45) is 0. The highest BCUT2D eigenvalue weighted by atomic mass is 35.5. The van der Waals surface area contributed by atoms with Gasteiger partial charge in [0.15, 0.2) is 11.6 Å². The van der Waals surface area contributed by atoms with Gasteiger partial charge in [0.25, 0.3) is 0 Å². The average molecular weight is 459 g/mol. The average Bonchev–Trinajstić information content (AvgIpc) is 2.90. The minimum absolute atomic E-state index is 0.0141. The van der Waals surface area contributed by atoms with Gasteiger partial charge in [0.2, 0.25) is 5.28 Å². The molecule has 4 aromatic carbocycles. The van der Waals surface area contributed by atoms with E-state index in [2.05, 4.69) is 9.97 Å². The van der Waals surface area contributed by atoms with Crippen LogP contribution in [0.5, 0.6) is 0 Å². The summed E-state index contributed by atoms with van der Waals surface area (Å²) in [5, 5.41) is 0.0141. The molecule has 0 aliphatic carbocycles. The molecule has 0 atom stereocenters. The van der Waals surface area contributed by atoms with E-state index in [1.807, 2.05) is 84.9 Å². The molecule has 0 unspecified atom stereocenters. The number of halogens is 1. The Balaban J connectivity index is 1.78. The summed E-state index contributed by atoms with van der Waals surface area (Å²) in [4.78, 5) is 13.6. The predicted octanol–water partition coefficient (Wildman–Crippen LogP) is 2.37. The Hall–Kier alpha value is -3.56. The van der Waals surface area contributed by atoms with E-state index < -0.39 is 0 Å². The molecule has 3 nitrogen and oxygen atoms in total. The minimum Gasteiger partial charge on any atom is -0.208 e. The van der Waals surface area contributed by atoms with Gasteiger partial charge in [0.1, 0.15) is 31.4 Å². The van der Waals surface area contributed by atoms with Crippen LogP contribution in [0, 0.1) is 0 Å². The Morgan fingerprint density at radius 3 is 1.57 bits per heavy atom. The molecule has 5 rings (SSSR count). The molecule has 0 fully saturated rings. The topological polar surface area (TPSA) is 38.7 Å². The van der Waals surface area contributed by atoms with Crippen molar-refractivity contribution >= 4 is 64.8 Å². The Morgan fingerprint density at radius 2 is 0.943 bits per heavy atom. The van der Waals surface area contributed by atoms with Crippen LogP contribution in [0.25, 0.3) is 45.0 Å². The number of hydrogen-bond donors (Lipinski definition) is 0. The maximum atomic E-state index is 6.48. The number of nitrogens with zero attached hydrogens (tertiary/aromatic N) is 3. The molecule has 8 radical (unpaired) electrons. The third kappa shape index (κ3) is 4.33. The maximum Gasteiger partial charge on any atom is 0.226 e. The Labute approximate surface area is 214 Å². The van der Waals surface area contributed by atoms with Crippen LogP contribution >= 0.6 is 11.6 Å². The molecule has 0 spiro atoms. The molecule has 35 heavy (non-hydrogen) atoms. The van der Waals surface area contributed by atoms with E-state index in [1.165, 1.54) is 0 Å². The van der Waals surface area contributed by atoms with E-state index in [1.54, 1.807) is 0 Å². The van der Waals surface area contributed by atoms with Crippen molar-refractivity contribution in [3.8, 4) is 45.0 Å². The van der Waals surface area contributed by atoms with Crippen LogP contribution in [0.15, 0.2) is 84.9 Å². The fraction of sp³-hybridized carbons (Fsp3) is 0. The first-order valence-corrected chi connectivity index (χ1v) is 11.2. The summed E-state index contributed by atoms with van der Waals surface area (Å²) in [6.45, 7) is 0. The fourth-order valence-corrected chi connectivity index (χ4v) is 4.26. The summed E-state index contributed by atoms with van der Waals surface area (Å²) in [7, 11) is 25.3. The van der Waals surface area contributed by atoms with E-state index in [-0.39, 0.29) is 27.5 Å². The van der Waals surface area contributed by atoms with E-state index in [4.69, 9.17) is 48.0 Å². The standard InChI is InChI=1S/C27H14B4ClN3/c28-21-19(16-11-5-2-6-12-16)20(22(29)24(31)23(21)30)26-33-25(34-27(32)35-26)18-14-8-7-13-17(18)15-9-3-1-4-10-15/h1-14H. The second-order valence-electron chi connectivity index (χ2n) is 7.93. The third-order valence-electron chi connectivity index (χ3n) is 5.81. The third-order valence-corrected chi connectivity index (χ3v) is 5.98. The lowest BCUT2D eigenvalue weighted by Crippen LogP contribution is -2.49. The van der Waals surface area contributed by atoms with E-state index >= 15 is 0 Å². The second-order valence-corrected chi connectivity index (χ2v) is 8.27. The van der Waals surface area contributed by atoms with Crippen LogP contribution in [0.2, 0.25) is 5.28 Å². The van der Waals surface area contributed by atoms with Crippen LogP contribution < -0.4 is 21.9 Å². The molecule has 0 saturated heterocycles. The molecule has 1 aromatic heterocycles. The summed E-state index contributed by atoms with van der Waals surface area (Å²) < 4.78 is 0. The number of rotatable bonds is 4. The summed E-state index contributed by atoms with van der Waals surface area (Å²) in [5.74, 6) is 0.643. The Kier molecular flexibility index (Phi) is 6.36. The van der Waals surface area contributed by atoms with Gasteiger partial charge in [-0.2, -0.15) is 9.97 Å². The first-order chi connectivity index (χ1) is 17.0. The van der Waals surface area contributed by atoms with Gasteiger partial charge >= 0.3 is 0 Å². The van der Waals surface area contributed by atoms with Crippen molar-refractivity contribution in [2.75, 3.05) is 0 Å². The van der Waals surface area contributed by atoms with Crippen molar-refractivity contribution < 1.29 is 0 Å². The van der Waals surface area contributed by atoms with Crippen molar-refractivity contribution in [2.45, 2.75) is 0 Å². The largest absolute Gasteiger partial charge is 0.226 e. The monoisotopic (exact) mass is 459 g/mol. The van der Waals surface area contributed by atoms with Gasteiger partial charge in [0.05, 0.1) is 0 Å². The molecule has 0 N–H and O–H groups in total. The van der Waals surface area contributed by atoms with Gasteiger partial charge in [-0.05, 0) is 33.9 Å². The van der Waals surface area contributed by atoms with Crippen LogP contribution in [-0.2, 0) is 0 Å². The van der Waals surface area contributed by atoms with Crippen LogP contribution in [0.1, 0.15) is 0 Å². The van der Waals surface area contributed by atoms with Gasteiger partial charge in [0, 0.05) is 11.1 Å². The van der Waals surface area contributed by atoms with E-state index in [0.29, 0.717) is 22.4 Å². The first-order valence-electron chi connectivity index (χ1n) is 10.8. The van der Waals surface area contributed by atoms with Crippen LogP contribution in [-0.4, -0.2) is 46.3 Å². The second kappa shape index (κ2) is 9.59. The van der Waals surface area contributed by atoms with Crippen molar-refractivity contribution in [1.82, 2.24) is 15.0 Å². The van der Waals surface area contributed by atoms with Gasteiger partial charge in [-0.3, -0.25) is 0 Å². The lowest BCUT2D eigenvalue weighted by atomic mass is 9.62. The highest BCUT2D eigenvalue weighted by Gasteiger charge is 2.21. The summed E-state index contributed by atoms with van der Waals surface area (Å²) in [5.41, 5.74) is 5.48. The normalized spacial score (nSPS) is 10.9. The highest BCUT2D eigenvalue weighted by Crippen LogP contribution is 2.32. The van der Waals surface area contributed by atoms with Crippen LogP contribution in [0.4, 0.5) is 0 Å². The van der Waals surface area contributed by atoms with Gasteiger partial charge in [-0.1, -0.05) is 95.9 Å². The molecule has 5 aromatic rings. The zero-order chi connectivity index (χ0) is 24.5. The summed E-state index contributed by atoms with van der Waals surface area (Å²) in [6, 6.07) is 27.3. The first kappa shape index (κ1) is 23.2. The van der Waals surface area contributed by atoms with Gasteiger partial charge in [-0.25, -0.2) is 4.98 Å². The predicted molar refractivity (Wildman–Crippen MR) is 148 cm³/mol. The van der Waals surface area contributed by atoms with Crippen molar-refractivity contribution in [2.24, 2.45) is 0 Å². The quantitative estimate of drug-likeness (QED) is 0.388. The smallest absolute Gasteiger partial charge is 0.208 e. The molecule has 8 heteroatoms. The Morgan fingerprint density at radius 1 is 0.457 bits per heavy atom. The van der Waals surface area contributed by atoms with Gasteiger partial charge in [-0.15, -0.1) is 10.9 Å². The van der Waals surface area contributed by atoms with Crippen molar-refractivity contribution in [3.63, 3.8) is 0 Å². The van der Waals surface area contributed by atoms with Gasteiger partial charge < -0.3 is 0 Å². The molecule has 0 bridgehead atoms. The van der Waals surface area contributed by atoms with Crippen molar-refractivity contribution in [3.05, 3.63) is 90.2 Å². The summed E-state index contributed by atoms with van der Waals surface area (Å²) >= 11 is 6.42. The maximum absolute atomic E-state index is 6.48. The molecular formula is C27H14B4ClN3. The van der Waals surface area contributed by atoms with E-state index in [9.17, 15) is 0 Å². The zero-order valence-electron chi connectivity index (χ0n) is 18.6. The van der Waals surface area contributed by atoms with E-state index in [0.717, 1.165) is 22.3 Å². The van der Waals surface area contributed by atoms with Crippen LogP contribution in [0.3, 0.4) is 0 Å². The number of hydrogen-bond acceptors (Lipinski definition) is 3. The SMILES string of the molecule is [B]c1c([B])c([B])c(-c2nc(Cl)nc(-c3ccccc3-c3ccccc3)n2)c(-c2ccccc2)c1[B]. The fourth-order valence-electron chi connectivity index (χ4n) is 4.10. The molecule has 0 amide bonds. The number of benzene rings is 4. The van der Waals surface area contributed by atoms with Crippen molar-refractivity contribution in [1.29, 1.82) is 0 Å². The molecule has 0 saturated carbocycles. The lowest BCUT2D eigenvalue weighted by molar-refractivity contribution is 1.07. The zero-order valence-corrected chi connectivity index (χ0v) is 19.4. The molecular weight excluding hydrogens is 445 g/mol. The molecule has 0 aliphatic rings.